The van der Waals surface area contributed by atoms with E-state index in [0.29, 0.717) is 5.56 Å². The summed E-state index contributed by atoms with van der Waals surface area (Å²) in [5.74, 6) is -0.301. The van der Waals surface area contributed by atoms with Gasteiger partial charge in [0, 0.05) is 17.4 Å². The van der Waals surface area contributed by atoms with E-state index < -0.39 is 9.84 Å². The predicted octanol–water partition coefficient (Wildman–Crippen LogP) is 1.12. The van der Waals surface area contributed by atoms with Crippen molar-refractivity contribution in [1.82, 2.24) is 10.9 Å². The van der Waals surface area contributed by atoms with Crippen LogP contribution in [0, 0.1) is 0 Å². The van der Waals surface area contributed by atoms with Crippen LogP contribution in [0.2, 0.25) is 0 Å². The summed E-state index contributed by atoms with van der Waals surface area (Å²) in [6.45, 7) is 5.75. The smallest absolute Gasteiger partial charge is 0.265 e. The van der Waals surface area contributed by atoms with E-state index in [0.717, 1.165) is 6.26 Å². The Morgan fingerprint density at radius 3 is 2.00 bits per heavy atom. The molecule has 0 saturated heterocycles. The zero-order valence-corrected chi connectivity index (χ0v) is 11.8. The van der Waals surface area contributed by atoms with Gasteiger partial charge in [0.25, 0.3) is 5.91 Å². The van der Waals surface area contributed by atoms with Crippen molar-refractivity contribution in [2.24, 2.45) is 0 Å². The van der Waals surface area contributed by atoms with Crippen molar-refractivity contribution in [2.45, 2.75) is 31.2 Å². The number of carbonyl (C=O) groups is 1. The molecule has 18 heavy (non-hydrogen) atoms. The van der Waals surface area contributed by atoms with Gasteiger partial charge in [0.2, 0.25) is 0 Å². The number of hydrogen-bond acceptors (Lipinski definition) is 4. The molecule has 5 nitrogen and oxygen atoms in total. The second kappa shape index (κ2) is 5.07. The van der Waals surface area contributed by atoms with Crippen LogP contribution in [0.25, 0.3) is 0 Å². The van der Waals surface area contributed by atoms with Crippen LogP contribution in [0.1, 0.15) is 31.1 Å². The summed E-state index contributed by atoms with van der Waals surface area (Å²) in [5, 5.41) is 0. The van der Waals surface area contributed by atoms with E-state index in [1.807, 2.05) is 20.8 Å². The second-order valence-corrected chi connectivity index (χ2v) is 7.14. The zero-order chi connectivity index (χ0) is 14.0. The number of amides is 1. The first kappa shape index (κ1) is 14.7. The highest BCUT2D eigenvalue weighted by Crippen LogP contribution is 2.10. The summed E-state index contributed by atoms with van der Waals surface area (Å²) >= 11 is 0. The zero-order valence-electron chi connectivity index (χ0n) is 10.9. The summed E-state index contributed by atoms with van der Waals surface area (Å²) in [5.41, 5.74) is 5.57. The fourth-order valence-corrected chi connectivity index (χ4v) is 1.80. The first-order chi connectivity index (χ1) is 8.09. The van der Waals surface area contributed by atoms with Crippen molar-refractivity contribution < 1.29 is 13.2 Å². The van der Waals surface area contributed by atoms with Crippen LogP contribution in [0.4, 0.5) is 0 Å². The largest absolute Gasteiger partial charge is 0.287 e. The maximum Gasteiger partial charge on any atom is 0.265 e. The van der Waals surface area contributed by atoms with Gasteiger partial charge in [-0.15, -0.1) is 0 Å². The Kier molecular flexibility index (Phi) is 4.13. The fraction of sp³-hybridized carbons (Fsp3) is 0.417. The van der Waals surface area contributed by atoms with Gasteiger partial charge in [-0.25, -0.2) is 13.8 Å². The molecule has 0 atom stereocenters. The maximum absolute atomic E-state index is 11.7. The third kappa shape index (κ3) is 4.46. The highest BCUT2D eigenvalue weighted by atomic mass is 32.2. The molecule has 0 spiro atoms. The standard InChI is InChI=1S/C12H18N2O3S/c1-12(2,3)14-13-11(15)9-5-7-10(8-6-9)18(4,16)17/h5-8,14H,1-4H3,(H,13,15). The van der Waals surface area contributed by atoms with Crippen molar-refractivity contribution in [3.63, 3.8) is 0 Å². The SMILES string of the molecule is CC(C)(C)NNC(=O)c1ccc(S(C)(=O)=O)cc1. The average Bonchev–Trinajstić information content (AvgIpc) is 2.24. The van der Waals surface area contributed by atoms with E-state index in [1.54, 1.807) is 0 Å². The average molecular weight is 270 g/mol. The molecule has 0 fully saturated rings. The quantitative estimate of drug-likeness (QED) is 0.807. The predicted molar refractivity (Wildman–Crippen MR) is 69.9 cm³/mol. The number of carbonyl (C=O) groups excluding carboxylic acids is 1. The highest BCUT2D eigenvalue weighted by Gasteiger charge is 2.13. The lowest BCUT2D eigenvalue weighted by Crippen LogP contribution is -2.48. The monoisotopic (exact) mass is 270 g/mol. The molecular weight excluding hydrogens is 252 g/mol. The number of benzene rings is 1. The van der Waals surface area contributed by atoms with E-state index in [2.05, 4.69) is 10.9 Å². The molecule has 6 heteroatoms. The van der Waals surface area contributed by atoms with E-state index in [9.17, 15) is 13.2 Å². The first-order valence-electron chi connectivity index (χ1n) is 5.47. The summed E-state index contributed by atoms with van der Waals surface area (Å²) in [4.78, 5) is 11.9. The Hall–Kier alpha value is -1.40. The minimum atomic E-state index is -3.23. The number of rotatable bonds is 3. The highest BCUT2D eigenvalue weighted by molar-refractivity contribution is 7.90. The van der Waals surface area contributed by atoms with Gasteiger partial charge in [-0.1, -0.05) is 0 Å². The minimum Gasteiger partial charge on any atom is -0.287 e. The third-order valence-corrected chi connectivity index (χ3v) is 3.22. The molecule has 0 bridgehead atoms. The molecule has 100 valence electrons. The van der Waals surface area contributed by atoms with E-state index in [-0.39, 0.29) is 16.3 Å². The van der Waals surface area contributed by atoms with Crippen LogP contribution in [0.5, 0.6) is 0 Å². The lowest BCUT2D eigenvalue weighted by molar-refractivity contribution is 0.0914. The molecule has 0 aromatic heterocycles. The number of hydrazine groups is 1. The molecule has 0 aliphatic rings. The Labute approximate surface area is 107 Å². The van der Waals surface area contributed by atoms with Crippen molar-refractivity contribution >= 4 is 15.7 Å². The molecule has 0 aliphatic heterocycles. The van der Waals surface area contributed by atoms with Crippen LogP contribution in [0.3, 0.4) is 0 Å². The van der Waals surface area contributed by atoms with E-state index in [4.69, 9.17) is 0 Å². The summed E-state index contributed by atoms with van der Waals surface area (Å²) in [7, 11) is -3.23. The lowest BCUT2D eigenvalue weighted by atomic mass is 10.1. The summed E-state index contributed by atoms with van der Waals surface area (Å²) in [6, 6.07) is 5.80. The van der Waals surface area contributed by atoms with Crippen LogP contribution in [0.15, 0.2) is 29.2 Å². The molecule has 2 N–H and O–H groups in total. The van der Waals surface area contributed by atoms with Crippen LogP contribution >= 0.6 is 0 Å². The van der Waals surface area contributed by atoms with Gasteiger partial charge in [-0.3, -0.25) is 10.2 Å². The van der Waals surface area contributed by atoms with Gasteiger partial charge in [-0.05, 0) is 45.0 Å². The van der Waals surface area contributed by atoms with E-state index >= 15 is 0 Å². The Balaban J connectivity index is 2.77. The van der Waals surface area contributed by atoms with Gasteiger partial charge in [-0.2, -0.15) is 0 Å². The van der Waals surface area contributed by atoms with Crippen molar-refractivity contribution in [3.05, 3.63) is 29.8 Å². The molecule has 0 aliphatic carbocycles. The molecule has 1 rings (SSSR count). The van der Waals surface area contributed by atoms with Gasteiger partial charge < -0.3 is 0 Å². The molecular formula is C12H18N2O3S. The van der Waals surface area contributed by atoms with Crippen LogP contribution < -0.4 is 10.9 Å². The van der Waals surface area contributed by atoms with Gasteiger partial charge in [0.05, 0.1) is 4.90 Å². The molecule has 1 amide bonds. The topological polar surface area (TPSA) is 75.3 Å². The number of sulfone groups is 1. The summed E-state index contributed by atoms with van der Waals surface area (Å²) in [6.07, 6.45) is 1.13. The normalized spacial score (nSPS) is 12.2. The van der Waals surface area contributed by atoms with Gasteiger partial charge >= 0.3 is 0 Å². The second-order valence-electron chi connectivity index (χ2n) is 5.13. The molecule has 0 radical (unpaired) electrons. The first-order valence-corrected chi connectivity index (χ1v) is 7.36. The maximum atomic E-state index is 11.7. The Bertz CT molecular complexity index is 527. The fourth-order valence-electron chi connectivity index (χ4n) is 1.17. The number of nitrogens with one attached hydrogen (secondary N) is 2. The van der Waals surface area contributed by atoms with E-state index in [1.165, 1.54) is 24.3 Å². The Morgan fingerprint density at radius 1 is 1.11 bits per heavy atom. The number of hydrogen-bond donors (Lipinski definition) is 2. The molecule has 0 heterocycles. The Morgan fingerprint density at radius 2 is 1.61 bits per heavy atom. The van der Waals surface area contributed by atoms with Crippen LogP contribution in [-0.4, -0.2) is 26.1 Å². The molecule has 0 unspecified atom stereocenters. The molecule has 0 saturated carbocycles. The van der Waals surface area contributed by atoms with Crippen LogP contribution in [-0.2, 0) is 9.84 Å². The summed E-state index contributed by atoms with van der Waals surface area (Å²) < 4.78 is 22.5. The third-order valence-electron chi connectivity index (χ3n) is 2.10. The van der Waals surface area contributed by atoms with Crippen molar-refractivity contribution in [3.8, 4) is 0 Å². The molecule has 1 aromatic rings. The van der Waals surface area contributed by atoms with Gasteiger partial charge in [0.15, 0.2) is 9.84 Å². The molecule has 1 aromatic carbocycles. The van der Waals surface area contributed by atoms with Gasteiger partial charge in [0.1, 0.15) is 0 Å². The lowest BCUT2D eigenvalue weighted by Gasteiger charge is -2.20. The van der Waals surface area contributed by atoms with Crippen molar-refractivity contribution in [2.75, 3.05) is 6.26 Å². The van der Waals surface area contributed by atoms with Crippen molar-refractivity contribution in [1.29, 1.82) is 0 Å². The minimum absolute atomic E-state index is 0.197.